The summed E-state index contributed by atoms with van der Waals surface area (Å²) in [5.41, 5.74) is 4.65. The van der Waals surface area contributed by atoms with Crippen molar-refractivity contribution >= 4 is 28.2 Å². The first kappa shape index (κ1) is 20.5. The fourth-order valence-electron chi connectivity index (χ4n) is 3.91. The molecule has 1 aromatic rings. The van der Waals surface area contributed by atoms with Gasteiger partial charge in [-0.3, -0.25) is 25.0 Å². The molecular weight excluding hydrogens is 424 g/mol. The highest BCUT2D eigenvalue weighted by molar-refractivity contribution is 7.80. The van der Waals surface area contributed by atoms with E-state index in [-0.39, 0.29) is 25.4 Å². The molecule has 30 heavy (non-hydrogen) atoms. The quantitative estimate of drug-likeness (QED) is 0.275. The van der Waals surface area contributed by atoms with Crippen LogP contribution in [0.3, 0.4) is 0 Å². The third-order valence-electron chi connectivity index (χ3n) is 5.30. The predicted molar refractivity (Wildman–Crippen MR) is 95.1 cm³/mol. The van der Waals surface area contributed by atoms with Gasteiger partial charge in [0.1, 0.15) is 6.04 Å². The van der Waals surface area contributed by atoms with Gasteiger partial charge in [0.05, 0.1) is 30.5 Å². The second-order valence-electron chi connectivity index (χ2n) is 7.19. The fraction of sp³-hybridized carbons (Fsp3) is 0.643. The van der Waals surface area contributed by atoms with Gasteiger partial charge in [0.15, 0.2) is 0 Å². The first-order chi connectivity index (χ1) is 14.2. The lowest BCUT2D eigenvalue weighted by Crippen LogP contribution is -2.56. The highest BCUT2D eigenvalue weighted by atomic mass is 32.3. The zero-order valence-corrected chi connectivity index (χ0v) is 16.4. The molecule has 0 spiro atoms. The number of nitrogens with zero attached hydrogens (tertiary/aromatic N) is 5. The highest BCUT2D eigenvalue weighted by Crippen LogP contribution is 2.30. The number of urea groups is 1. The normalized spacial score (nSPS) is 28.6. The Morgan fingerprint density at radius 2 is 1.87 bits per heavy atom. The maximum Gasteiger partial charge on any atom is 0.418 e. The number of nitrogens with one attached hydrogen (secondary N) is 3. The van der Waals surface area contributed by atoms with Gasteiger partial charge in [0.2, 0.25) is 0 Å². The predicted octanol–water partition coefficient (Wildman–Crippen LogP) is -2.67. The van der Waals surface area contributed by atoms with Crippen molar-refractivity contribution in [2.45, 2.75) is 43.4 Å². The monoisotopic (exact) mass is 444 g/mol. The van der Waals surface area contributed by atoms with Crippen molar-refractivity contribution in [2.75, 3.05) is 13.1 Å². The number of fused-ring (bicyclic) bond motifs is 2. The maximum absolute atomic E-state index is 12.5. The molecule has 3 fully saturated rings. The van der Waals surface area contributed by atoms with Gasteiger partial charge < -0.3 is 10.2 Å². The first-order valence-corrected chi connectivity index (χ1v) is 10.5. The molecular formula is C14H20N8O7S. The van der Waals surface area contributed by atoms with Gasteiger partial charge in [-0.25, -0.2) is 4.79 Å². The van der Waals surface area contributed by atoms with Crippen LogP contribution in [0, 0.1) is 0 Å². The van der Waals surface area contributed by atoms with Gasteiger partial charge in [0.25, 0.3) is 11.8 Å². The van der Waals surface area contributed by atoms with Gasteiger partial charge in [0, 0.05) is 13.1 Å². The zero-order chi connectivity index (χ0) is 21.5. The van der Waals surface area contributed by atoms with Gasteiger partial charge in [-0.1, -0.05) is 0 Å². The number of carbonyl (C=O) groups is 3. The molecule has 1 aromatic heterocycles. The van der Waals surface area contributed by atoms with E-state index in [1.165, 1.54) is 4.80 Å². The Hall–Kier alpha value is -2.82. The summed E-state index contributed by atoms with van der Waals surface area (Å²) in [4.78, 5) is 39.8. The number of aromatic nitrogens is 3. The Balaban J connectivity index is 1.29. The molecule has 0 radical (unpaired) electrons. The van der Waals surface area contributed by atoms with Crippen molar-refractivity contribution in [1.29, 1.82) is 0 Å². The lowest BCUT2D eigenvalue weighted by Gasteiger charge is -2.29. The maximum atomic E-state index is 12.5. The number of hydrogen-bond donors (Lipinski definition) is 4. The van der Waals surface area contributed by atoms with Crippen molar-refractivity contribution in [3.05, 3.63) is 12.4 Å². The summed E-state index contributed by atoms with van der Waals surface area (Å²) in [6, 6.07) is -3.01. The van der Waals surface area contributed by atoms with E-state index >= 15 is 0 Å². The van der Waals surface area contributed by atoms with Crippen LogP contribution in [0.2, 0.25) is 0 Å². The molecule has 3 aliphatic rings. The summed E-state index contributed by atoms with van der Waals surface area (Å²) < 4.78 is 35.0. The Morgan fingerprint density at radius 1 is 1.17 bits per heavy atom. The van der Waals surface area contributed by atoms with Gasteiger partial charge in [-0.15, -0.1) is 4.28 Å². The molecule has 16 heteroatoms. The number of hydrazine groups is 1. The van der Waals surface area contributed by atoms with Crippen LogP contribution in [0.5, 0.6) is 0 Å². The van der Waals surface area contributed by atoms with E-state index < -0.39 is 46.4 Å². The standard InChI is InChI=1S/C14H20N8O7S/c23-12(10-5-9(6-15-10)22-16-3-4-17-22)18-19-13(24)11-2-1-8-7-20(11)14(25)21(8)29-30(26,27)28/h3-4,8-11,15H,1-2,5-7H2,(H,18,23)(H,19,24)(H,26,27,28)/t8-,9+,10+,11-/m1/s1. The summed E-state index contributed by atoms with van der Waals surface area (Å²) in [6.45, 7) is 0.555. The van der Waals surface area contributed by atoms with E-state index in [1.807, 2.05) is 0 Å². The number of hydrogen-bond acceptors (Lipinski definition) is 9. The van der Waals surface area contributed by atoms with Crippen LogP contribution in [0.15, 0.2) is 12.4 Å². The van der Waals surface area contributed by atoms with Crippen LogP contribution in [-0.2, 0) is 24.3 Å². The van der Waals surface area contributed by atoms with Crippen molar-refractivity contribution in [3.63, 3.8) is 0 Å². The largest absolute Gasteiger partial charge is 0.418 e. The number of piperidine rings is 1. The molecule has 0 saturated carbocycles. The van der Waals surface area contributed by atoms with Crippen molar-refractivity contribution in [2.24, 2.45) is 0 Å². The van der Waals surface area contributed by atoms with Gasteiger partial charge in [-0.05, 0) is 19.3 Å². The average molecular weight is 444 g/mol. The molecule has 164 valence electrons. The zero-order valence-electron chi connectivity index (χ0n) is 15.5. The first-order valence-electron chi connectivity index (χ1n) is 9.18. The number of amides is 4. The Bertz CT molecular complexity index is 938. The van der Waals surface area contributed by atoms with Crippen LogP contribution >= 0.6 is 0 Å². The number of hydroxylamine groups is 2. The summed E-state index contributed by atoms with van der Waals surface area (Å²) in [5.74, 6) is -1.07. The molecule has 4 amide bonds. The molecule has 3 aliphatic heterocycles. The molecule has 0 aliphatic carbocycles. The SMILES string of the molecule is O=C(NNC(=O)[C@H]1CC[C@@H]2CN1C(=O)N2OS(=O)(=O)O)[C@@H]1C[C@H](n2nccn2)CN1. The number of carbonyl (C=O) groups excluding carboxylic acids is 3. The Labute approximate surface area is 170 Å². The summed E-state index contributed by atoms with van der Waals surface area (Å²) >= 11 is 0. The lowest BCUT2D eigenvalue weighted by atomic mass is 10.0. The van der Waals surface area contributed by atoms with Crippen LogP contribution in [-0.4, -0.2) is 87.0 Å². The van der Waals surface area contributed by atoms with Crippen molar-refractivity contribution in [1.82, 2.24) is 41.1 Å². The molecule has 3 saturated heterocycles. The molecule has 2 bridgehead atoms. The number of rotatable bonds is 5. The van der Waals surface area contributed by atoms with Crippen LogP contribution in [0.4, 0.5) is 4.79 Å². The average Bonchev–Trinajstić information content (AvgIpc) is 3.43. The van der Waals surface area contributed by atoms with Crippen LogP contribution in [0.1, 0.15) is 25.3 Å². The second-order valence-corrected chi connectivity index (χ2v) is 8.19. The molecule has 4 atom stereocenters. The topological polar surface area (TPSA) is 188 Å². The van der Waals surface area contributed by atoms with E-state index in [9.17, 15) is 22.8 Å². The molecule has 4 rings (SSSR count). The Kier molecular flexibility index (Phi) is 5.31. The van der Waals surface area contributed by atoms with Crippen LogP contribution < -0.4 is 16.2 Å². The van der Waals surface area contributed by atoms with Gasteiger partial charge in [-0.2, -0.15) is 28.5 Å². The van der Waals surface area contributed by atoms with E-state index in [2.05, 4.69) is 30.6 Å². The summed E-state index contributed by atoms with van der Waals surface area (Å²) in [7, 11) is -4.87. The summed E-state index contributed by atoms with van der Waals surface area (Å²) in [5, 5.41) is 11.7. The Morgan fingerprint density at radius 3 is 2.57 bits per heavy atom. The lowest BCUT2D eigenvalue weighted by molar-refractivity contribution is -0.132. The van der Waals surface area contributed by atoms with Crippen LogP contribution in [0.25, 0.3) is 0 Å². The fourth-order valence-corrected chi connectivity index (χ4v) is 4.29. The molecule has 0 unspecified atom stereocenters. The van der Waals surface area contributed by atoms with E-state index in [1.54, 1.807) is 12.4 Å². The van der Waals surface area contributed by atoms with Crippen molar-refractivity contribution in [3.8, 4) is 0 Å². The molecule has 0 aromatic carbocycles. The highest BCUT2D eigenvalue weighted by Gasteiger charge is 2.49. The molecule has 15 nitrogen and oxygen atoms in total. The minimum Gasteiger partial charge on any atom is -0.309 e. The smallest absolute Gasteiger partial charge is 0.309 e. The minimum atomic E-state index is -4.87. The molecule has 4 N–H and O–H groups in total. The summed E-state index contributed by atoms with van der Waals surface area (Å²) in [6.07, 6.45) is 4.05. The third kappa shape index (κ3) is 4.07. The van der Waals surface area contributed by atoms with E-state index in [4.69, 9.17) is 4.55 Å². The van der Waals surface area contributed by atoms with Gasteiger partial charge >= 0.3 is 16.4 Å². The third-order valence-corrected chi connectivity index (χ3v) is 5.65. The van der Waals surface area contributed by atoms with E-state index in [0.29, 0.717) is 18.0 Å². The minimum absolute atomic E-state index is 0.0586. The second kappa shape index (κ2) is 7.78. The van der Waals surface area contributed by atoms with Crippen molar-refractivity contribution < 1.29 is 31.6 Å². The molecule has 4 heterocycles. The van der Waals surface area contributed by atoms with E-state index in [0.717, 1.165) is 4.90 Å².